The number of hydrogen-bond acceptors (Lipinski definition) is 8. The molecule has 10 nitrogen and oxygen atoms in total. The van der Waals surface area contributed by atoms with Crippen LogP contribution >= 0.6 is 35.0 Å². The molecule has 0 saturated carbocycles. The van der Waals surface area contributed by atoms with E-state index in [0.717, 1.165) is 11.3 Å². The third kappa shape index (κ3) is 5.85. The summed E-state index contributed by atoms with van der Waals surface area (Å²) < 4.78 is 2.78. The fourth-order valence-electron chi connectivity index (χ4n) is 3.83. The van der Waals surface area contributed by atoms with E-state index < -0.39 is 17.5 Å². The van der Waals surface area contributed by atoms with Gasteiger partial charge < -0.3 is 5.32 Å². The summed E-state index contributed by atoms with van der Waals surface area (Å²) in [4.78, 5) is 31.3. The molecule has 13 heteroatoms. The number of hydrogen-bond donors (Lipinski definition) is 1. The Morgan fingerprint density at radius 3 is 2.63 bits per heavy atom. The molecule has 1 unspecified atom stereocenters. The number of benzene rings is 2. The van der Waals surface area contributed by atoms with Gasteiger partial charge in [0.05, 0.1) is 23.9 Å². The Bertz CT molecular complexity index is 1620. The quantitative estimate of drug-likeness (QED) is 0.374. The predicted molar refractivity (Wildman–Crippen MR) is 149 cm³/mol. The number of amidine groups is 1. The second-order valence-corrected chi connectivity index (χ2v) is 10.2. The van der Waals surface area contributed by atoms with E-state index in [1.54, 1.807) is 18.2 Å². The lowest BCUT2D eigenvalue weighted by Gasteiger charge is -2.20. The molecule has 0 spiro atoms. The van der Waals surface area contributed by atoms with Crippen molar-refractivity contribution in [2.45, 2.75) is 19.4 Å². The molecule has 1 aliphatic rings. The Kier molecular flexibility index (Phi) is 7.68. The molecule has 0 bridgehead atoms. The number of rotatable bonds is 6. The molecule has 2 aromatic heterocycles. The predicted octanol–water partition coefficient (Wildman–Crippen LogP) is 4.18. The lowest BCUT2D eigenvalue weighted by Crippen LogP contribution is -2.40. The number of carbonyl (C=O) groups is 1. The third-order valence-corrected chi connectivity index (χ3v) is 7.08. The van der Waals surface area contributed by atoms with Crippen LogP contribution < -0.4 is 10.9 Å². The van der Waals surface area contributed by atoms with Gasteiger partial charge in [-0.3, -0.25) is 14.2 Å². The van der Waals surface area contributed by atoms with Crippen molar-refractivity contribution < 1.29 is 4.79 Å². The summed E-state index contributed by atoms with van der Waals surface area (Å²) in [5, 5.41) is 19.8. The number of carbonyl (C=O) groups excluding carboxylic acids is 1. The van der Waals surface area contributed by atoms with Crippen LogP contribution in [-0.4, -0.2) is 47.1 Å². The molecule has 0 aliphatic carbocycles. The van der Waals surface area contributed by atoms with Crippen LogP contribution in [0.1, 0.15) is 18.5 Å². The Balaban J connectivity index is 1.51. The highest BCUT2D eigenvalue weighted by Gasteiger charge is 2.25. The minimum atomic E-state index is -0.880. The van der Waals surface area contributed by atoms with E-state index in [-0.39, 0.29) is 11.6 Å². The Morgan fingerprint density at radius 1 is 1.13 bits per heavy atom. The lowest BCUT2D eigenvalue weighted by atomic mass is 10.0. The molecule has 1 aliphatic heterocycles. The van der Waals surface area contributed by atoms with Gasteiger partial charge in [-0.1, -0.05) is 70.5 Å². The molecule has 192 valence electrons. The third-order valence-electron chi connectivity index (χ3n) is 5.65. The van der Waals surface area contributed by atoms with Crippen LogP contribution in [-0.2, 0) is 11.2 Å². The molecule has 0 radical (unpaired) electrons. The van der Waals surface area contributed by atoms with Gasteiger partial charge in [0.1, 0.15) is 6.04 Å². The zero-order valence-electron chi connectivity index (χ0n) is 20.0. The first-order chi connectivity index (χ1) is 18.4. The smallest absolute Gasteiger partial charge is 0.254 e. The Morgan fingerprint density at radius 2 is 1.95 bits per heavy atom. The molecule has 1 atom stereocenters. The van der Waals surface area contributed by atoms with E-state index in [1.807, 2.05) is 37.3 Å². The lowest BCUT2D eigenvalue weighted by molar-refractivity contribution is -0.122. The van der Waals surface area contributed by atoms with Gasteiger partial charge in [0.25, 0.3) is 5.56 Å². The van der Waals surface area contributed by atoms with Crippen molar-refractivity contribution in [2.24, 2.45) is 10.2 Å². The van der Waals surface area contributed by atoms with Gasteiger partial charge in [0.2, 0.25) is 5.91 Å². The first kappa shape index (κ1) is 25.8. The van der Waals surface area contributed by atoms with Crippen molar-refractivity contribution in [1.29, 1.82) is 0 Å². The minimum Gasteiger partial charge on any atom is -0.302 e. The van der Waals surface area contributed by atoms with Gasteiger partial charge >= 0.3 is 0 Å². The number of halogens is 2. The minimum absolute atomic E-state index is 0.214. The number of nitrogens with zero attached hydrogens (tertiary/aromatic N) is 7. The molecule has 1 N–H and O–H groups in total. The van der Waals surface area contributed by atoms with Gasteiger partial charge in [-0.05, 0) is 30.7 Å². The van der Waals surface area contributed by atoms with Crippen LogP contribution in [0.2, 0.25) is 10.2 Å². The SMILES string of the molecule is CC1=NN=C(NC(=O)C(Cc2ccccc2)n2cnc(-c3cc(Cl)ccc3-n3cc(Cl)nn3)cc2=O)SC1. The summed E-state index contributed by atoms with van der Waals surface area (Å²) in [5.41, 5.74) is 2.81. The number of amides is 1. The largest absolute Gasteiger partial charge is 0.302 e. The average molecular weight is 567 g/mol. The molecule has 4 aromatic rings. The summed E-state index contributed by atoms with van der Waals surface area (Å²) in [6, 6.07) is 15.0. The van der Waals surface area contributed by atoms with Crippen LogP contribution in [0, 0.1) is 0 Å². The van der Waals surface area contributed by atoms with Gasteiger partial charge in [-0.15, -0.1) is 10.2 Å². The Hall–Kier alpha value is -3.80. The van der Waals surface area contributed by atoms with E-state index in [0.29, 0.717) is 32.9 Å². The first-order valence-corrected chi connectivity index (χ1v) is 13.2. The van der Waals surface area contributed by atoms with E-state index in [9.17, 15) is 9.59 Å². The van der Waals surface area contributed by atoms with Crippen molar-refractivity contribution in [3.63, 3.8) is 0 Å². The maximum atomic E-state index is 13.4. The van der Waals surface area contributed by atoms with Gasteiger partial charge in [0.15, 0.2) is 10.3 Å². The molecule has 5 rings (SSSR count). The maximum absolute atomic E-state index is 13.4. The normalized spacial score (nSPS) is 14.0. The van der Waals surface area contributed by atoms with E-state index in [4.69, 9.17) is 23.2 Å². The standard InChI is InChI=1S/C25H20Cl2N8O2S/c1-15-13-38-25(32-30-15)29-24(37)21(9-16-5-3-2-4-6-16)34-14-28-19(11-23(34)36)18-10-17(26)7-8-20(18)35-12-22(27)31-33-35/h2-8,10-12,14,21H,9,13H2,1H3,(H,29,32,37). The second-order valence-electron chi connectivity index (χ2n) is 8.39. The topological polar surface area (TPSA) is 119 Å². The monoisotopic (exact) mass is 566 g/mol. The average Bonchev–Trinajstić information content (AvgIpc) is 3.35. The van der Waals surface area contributed by atoms with Crippen molar-refractivity contribution in [1.82, 2.24) is 29.9 Å². The number of aromatic nitrogens is 5. The summed E-state index contributed by atoms with van der Waals surface area (Å²) in [6.07, 6.45) is 3.17. The van der Waals surface area contributed by atoms with E-state index in [2.05, 4.69) is 30.8 Å². The number of nitrogens with one attached hydrogen (secondary N) is 1. The zero-order chi connectivity index (χ0) is 26.6. The molecular weight excluding hydrogens is 547 g/mol. The number of thioether (sulfide) groups is 1. The molecule has 0 fully saturated rings. The van der Waals surface area contributed by atoms with Crippen LogP contribution in [0.15, 0.2) is 82.1 Å². The fraction of sp³-hybridized carbons (Fsp3) is 0.160. The van der Waals surface area contributed by atoms with Crippen LogP contribution in [0.4, 0.5) is 0 Å². The molecule has 3 heterocycles. The highest BCUT2D eigenvalue weighted by Crippen LogP contribution is 2.28. The van der Waals surface area contributed by atoms with Crippen LogP contribution in [0.25, 0.3) is 16.9 Å². The second kappa shape index (κ2) is 11.3. The van der Waals surface area contributed by atoms with Crippen molar-refractivity contribution in [3.05, 3.63) is 93.2 Å². The van der Waals surface area contributed by atoms with Crippen LogP contribution in [0.5, 0.6) is 0 Å². The van der Waals surface area contributed by atoms with Gasteiger partial charge in [-0.25, -0.2) is 9.67 Å². The molecule has 38 heavy (non-hydrogen) atoms. The maximum Gasteiger partial charge on any atom is 0.254 e. The molecule has 0 saturated heterocycles. The van der Waals surface area contributed by atoms with Crippen molar-refractivity contribution >= 4 is 51.8 Å². The zero-order valence-corrected chi connectivity index (χ0v) is 22.3. The van der Waals surface area contributed by atoms with Crippen molar-refractivity contribution in [3.8, 4) is 16.9 Å². The summed E-state index contributed by atoms with van der Waals surface area (Å²) in [6.45, 7) is 1.86. The van der Waals surface area contributed by atoms with Crippen molar-refractivity contribution in [2.75, 3.05) is 5.75 Å². The van der Waals surface area contributed by atoms with Crippen LogP contribution in [0.3, 0.4) is 0 Å². The molecule has 1 amide bonds. The Labute approximate surface area is 231 Å². The van der Waals surface area contributed by atoms with E-state index >= 15 is 0 Å². The fourth-order valence-corrected chi connectivity index (χ4v) is 4.80. The van der Waals surface area contributed by atoms with E-state index in [1.165, 1.54) is 39.6 Å². The summed E-state index contributed by atoms with van der Waals surface area (Å²) in [7, 11) is 0. The van der Waals surface area contributed by atoms with Gasteiger partial charge in [0, 0.05) is 34.5 Å². The summed E-state index contributed by atoms with van der Waals surface area (Å²) in [5.74, 6) is 0.227. The van der Waals surface area contributed by atoms with Gasteiger partial charge in [-0.2, -0.15) is 5.10 Å². The molecule has 2 aromatic carbocycles. The highest BCUT2D eigenvalue weighted by atomic mass is 35.5. The molecular formula is C25H20Cl2N8O2S. The summed E-state index contributed by atoms with van der Waals surface area (Å²) >= 11 is 13.6. The first-order valence-electron chi connectivity index (χ1n) is 11.4. The highest BCUT2D eigenvalue weighted by molar-refractivity contribution is 8.14.